The van der Waals surface area contributed by atoms with E-state index in [1.807, 2.05) is 18.2 Å². The van der Waals surface area contributed by atoms with Gasteiger partial charge in [0.2, 0.25) is 0 Å². The van der Waals surface area contributed by atoms with Crippen LogP contribution >= 0.6 is 0 Å². The molecule has 0 N–H and O–H groups in total. The highest BCUT2D eigenvalue weighted by molar-refractivity contribution is 6.12. The van der Waals surface area contributed by atoms with Gasteiger partial charge < -0.3 is 9.47 Å². The zero-order valence-electron chi connectivity index (χ0n) is 12.7. The van der Waals surface area contributed by atoms with E-state index in [0.29, 0.717) is 30.1 Å². The van der Waals surface area contributed by atoms with Crippen LogP contribution in [-0.4, -0.2) is 18.4 Å². The van der Waals surface area contributed by atoms with E-state index < -0.39 is 5.97 Å². The van der Waals surface area contributed by atoms with Gasteiger partial charge in [0.25, 0.3) is 0 Å². The Labute approximate surface area is 134 Å². The van der Waals surface area contributed by atoms with Crippen molar-refractivity contribution in [2.45, 2.75) is 13.5 Å². The van der Waals surface area contributed by atoms with E-state index in [9.17, 15) is 9.59 Å². The predicted octanol–water partition coefficient (Wildman–Crippen LogP) is 3.39. The van der Waals surface area contributed by atoms with Gasteiger partial charge in [-0.05, 0) is 30.7 Å². The van der Waals surface area contributed by atoms with Crippen LogP contribution in [-0.2, 0) is 16.1 Å². The molecule has 0 amide bonds. The van der Waals surface area contributed by atoms with Gasteiger partial charge in [-0.2, -0.15) is 0 Å². The third-order valence-electron chi connectivity index (χ3n) is 3.59. The molecule has 0 saturated carbocycles. The van der Waals surface area contributed by atoms with Crippen LogP contribution in [0.5, 0.6) is 5.75 Å². The van der Waals surface area contributed by atoms with Crippen LogP contribution < -0.4 is 4.74 Å². The first-order chi connectivity index (χ1) is 11.2. The van der Waals surface area contributed by atoms with Crippen LogP contribution in [0, 0.1) is 0 Å². The Balaban J connectivity index is 1.94. The number of carbonyl (C=O) groups excluding carboxylic acids is 2. The second-order valence-corrected chi connectivity index (χ2v) is 5.12. The van der Waals surface area contributed by atoms with E-state index >= 15 is 0 Å². The summed E-state index contributed by atoms with van der Waals surface area (Å²) in [5.74, 6) is 0.0781. The molecule has 1 aliphatic heterocycles. The lowest BCUT2D eigenvalue weighted by Gasteiger charge is -2.06. The van der Waals surface area contributed by atoms with Crippen LogP contribution in [0.25, 0.3) is 6.08 Å². The maximum absolute atomic E-state index is 12.7. The number of esters is 1. The van der Waals surface area contributed by atoms with Crippen LogP contribution in [0.15, 0.2) is 48.5 Å². The van der Waals surface area contributed by atoms with Crippen LogP contribution in [0.1, 0.15) is 34.0 Å². The third-order valence-corrected chi connectivity index (χ3v) is 3.59. The molecule has 0 spiro atoms. The maximum atomic E-state index is 12.7. The van der Waals surface area contributed by atoms with Crippen molar-refractivity contribution in [2.24, 2.45) is 0 Å². The Morgan fingerprint density at radius 2 is 2.04 bits per heavy atom. The molecule has 1 heterocycles. The normalized spacial score (nSPS) is 13.0. The fourth-order valence-electron chi connectivity index (χ4n) is 2.48. The van der Waals surface area contributed by atoms with Gasteiger partial charge in [0.05, 0.1) is 12.2 Å². The number of hydrogen-bond donors (Lipinski definition) is 0. The highest BCUT2D eigenvalue weighted by Gasteiger charge is 2.21. The summed E-state index contributed by atoms with van der Waals surface area (Å²) < 4.78 is 10.6. The Bertz CT molecular complexity index is 790. The molecule has 0 fully saturated rings. The monoisotopic (exact) mass is 308 g/mol. The minimum atomic E-state index is -0.407. The quantitative estimate of drug-likeness (QED) is 0.644. The maximum Gasteiger partial charge on any atom is 0.330 e. The lowest BCUT2D eigenvalue weighted by atomic mass is 9.98. The minimum Gasteiger partial charge on any atom is -0.488 e. The summed E-state index contributed by atoms with van der Waals surface area (Å²) in [7, 11) is 0. The lowest BCUT2D eigenvalue weighted by Crippen LogP contribution is -2.02. The molecule has 4 heteroatoms. The van der Waals surface area contributed by atoms with Gasteiger partial charge in [-0.3, -0.25) is 4.79 Å². The molecular weight excluding hydrogens is 292 g/mol. The summed E-state index contributed by atoms with van der Waals surface area (Å²) >= 11 is 0. The van der Waals surface area contributed by atoms with Gasteiger partial charge in [-0.1, -0.05) is 30.3 Å². The van der Waals surface area contributed by atoms with Crippen molar-refractivity contribution in [3.8, 4) is 5.75 Å². The standard InChI is InChI=1S/C19H16O4/c1-2-22-18(20)10-8-13-7-9-17-16(11-13)19(21)15-6-4-3-5-14(15)12-23-17/h3-11H,2,12H2,1H3/b10-8+. The lowest BCUT2D eigenvalue weighted by molar-refractivity contribution is -0.137. The highest BCUT2D eigenvalue weighted by Crippen LogP contribution is 2.29. The minimum absolute atomic E-state index is 0.0699. The van der Waals surface area contributed by atoms with Crippen LogP contribution in [0.2, 0.25) is 0 Å². The van der Waals surface area contributed by atoms with E-state index in [-0.39, 0.29) is 5.78 Å². The average molecular weight is 308 g/mol. The molecule has 0 aromatic heterocycles. The molecular formula is C19H16O4. The SMILES string of the molecule is CCOC(=O)/C=C/c1ccc2c(c1)C(=O)c1ccccc1CO2. The zero-order chi connectivity index (χ0) is 16.2. The second kappa shape index (κ2) is 6.48. The second-order valence-electron chi connectivity index (χ2n) is 5.12. The smallest absolute Gasteiger partial charge is 0.330 e. The summed E-state index contributed by atoms with van der Waals surface area (Å²) in [6, 6.07) is 12.7. The molecule has 0 bridgehead atoms. The largest absolute Gasteiger partial charge is 0.488 e. The number of benzene rings is 2. The van der Waals surface area contributed by atoms with Crippen molar-refractivity contribution in [3.05, 3.63) is 70.8 Å². The van der Waals surface area contributed by atoms with E-state index in [0.717, 1.165) is 11.1 Å². The number of ether oxygens (including phenoxy) is 2. The van der Waals surface area contributed by atoms with Gasteiger partial charge >= 0.3 is 5.97 Å². The Hall–Kier alpha value is -2.88. The van der Waals surface area contributed by atoms with Gasteiger partial charge in [-0.25, -0.2) is 4.79 Å². The number of carbonyl (C=O) groups is 2. The Kier molecular flexibility index (Phi) is 4.24. The number of rotatable bonds is 3. The summed E-state index contributed by atoms with van der Waals surface area (Å²) in [4.78, 5) is 24.1. The van der Waals surface area contributed by atoms with E-state index in [1.54, 1.807) is 37.3 Å². The number of fused-ring (bicyclic) bond motifs is 2. The third kappa shape index (κ3) is 3.16. The summed E-state index contributed by atoms with van der Waals surface area (Å²) in [5.41, 5.74) is 2.77. The molecule has 1 aliphatic rings. The van der Waals surface area contributed by atoms with E-state index in [2.05, 4.69) is 0 Å². The first kappa shape index (κ1) is 15.0. The number of ketones is 1. The van der Waals surface area contributed by atoms with Crippen molar-refractivity contribution < 1.29 is 19.1 Å². The fraction of sp³-hybridized carbons (Fsp3) is 0.158. The molecule has 3 rings (SSSR count). The average Bonchev–Trinajstić information content (AvgIpc) is 2.71. The molecule has 2 aromatic rings. The molecule has 0 radical (unpaired) electrons. The number of hydrogen-bond acceptors (Lipinski definition) is 4. The first-order valence-corrected chi connectivity index (χ1v) is 7.43. The van der Waals surface area contributed by atoms with Gasteiger partial charge in [0, 0.05) is 17.2 Å². The highest BCUT2D eigenvalue weighted by atomic mass is 16.5. The molecule has 23 heavy (non-hydrogen) atoms. The topological polar surface area (TPSA) is 52.6 Å². The molecule has 116 valence electrons. The fourth-order valence-corrected chi connectivity index (χ4v) is 2.48. The van der Waals surface area contributed by atoms with Gasteiger partial charge in [0.15, 0.2) is 5.78 Å². The summed E-state index contributed by atoms with van der Waals surface area (Å²) in [6.45, 7) is 2.45. The van der Waals surface area contributed by atoms with E-state index in [4.69, 9.17) is 9.47 Å². The first-order valence-electron chi connectivity index (χ1n) is 7.43. The van der Waals surface area contributed by atoms with Crippen molar-refractivity contribution in [3.63, 3.8) is 0 Å². The molecule has 0 atom stereocenters. The summed E-state index contributed by atoms with van der Waals surface area (Å²) in [5, 5.41) is 0. The van der Waals surface area contributed by atoms with Crippen molar-refractivity contribution in [1.82, 2.24) is 0 Å². The van der Waals surface area contributed by atoms with Crippen molar-refractivity contribution in [2.75, 3.05) is 6.61 Å². The van der Waals surface area contributed by atoms with Crippen molar-refractivity contribution in [1.29, 1.82) is 0 Å². The summed E-state index contributed by atoms with van der Waals surface area (Å²) in [6.07, 6.45) is 2.98. The van der Waals surface area contributed by atoms with Gasteiger partial charge in [0.1, 0.15) is 12.4 Å². The van der Waals surface area contributed by atoms with Crippen LogP contribution in [0.3, 0.4) is 0 Å². The van der Waals surface area contributed by atoms with Crippen LogP contribution in [0.4, 0.5) is 0 Å². The zero-order valence-corrected chi connectivity index (χ0v) is 12.7. The van der Waals surface area contributed by atoms with Gasteiger partial charge in [-0.15, -0.1) is 0 Å². The molecule has 2 aromatic carbocycles. The molecule has 0 unspecified atom stereocenters. The Morgan fingerprint density at radius 3 is 2.87 bits per heavy atom. The molecule has 0 aliphatic carbocycles. The molecule has 0 saturated heterocycles. The van der Waals surface area contributed by atoms with E-state index in [1.165, 1.54) is 6.08 Å². The molecule has 4 nitrogen and oxygen atoms in total. The Morgan fingerprint density at radius 1 is 1.22 bits per heavy atom. The van der Waals surface area contributed by atoms with Crippen molar-refractivity contribution >= 4 is 17.8 Å². The predicted molar refractivity (Wildman–Crippen MR) is 86.3 cm³/mol.